The highest BCUT2D eigenvalue weighted by Gasteiger charge is 2.45. The lowest BCUT2D eigenvalue weighted by atomic mass is 9.68. The van der Waals surface area contributed by atoms with Crippen molar-refractivity contribution in [2.45, 2.75) is 5.41 Å². The van der Waals surface area contributed by atoms with E-state index in [-0.39, 0.29) is 0 Å². The summed E-state index contributed by atoms with van der Waals surface area (Å²) >= 11 is 0. The molecule has 2 heteroatoms. The van der Waals surface area contributed by atoms with Gasteiger partial charge in [0.05, 0.1) is 11.1 Å². The summed E-state index contributed by atoms with van der Waals surface area (Å²) in [5.74, 6) is 0. The van der Waals surface area contributed by atoms with Gasteiger partial charge < -0.3 is 9.32 Å². The number of furan rings is 1. The Bertz CT molecular complexity index is 3330. The number of benzene rings is 10. The van der Waals surface area contributed by atoms with E-state index in [1.165, 1.54) is 54.9 Å². The number of fused-ring (bicyclic) bond motifs is 9. The molecular formula is C57H37NO. The highest BCUT2D eigenvalue weighted by molar-refractivity contribution is 6.14. The molecule has 0 fully saturated rings. The van der Waals surface area contributed by atoms with Crippen LogP contribution in [-0.4, -0.2) is 0 Å². The SMILES string of the molecule is c1ccc(-c2cccc3c2oc2c(N(c4ccc(C5(c6ccccc6)c6ccccc6-c6ccccc65)cc4)c4ccc5c(ccc6ccccc65)c4)cccc23)cc1. The molecule has 0 bridgehead atoms. The molecule has 2 nitrogen and oxygen atoms in total. The van der Waals surface area contributed by atoms with Gasteiger partial charge in [-0.25, -0.2) is 0 Å². The molecule has 12 rings (SSSR count). The van der Waals surface area contributed by atoms with Crippen molar-refractivity contribution in [3.8, 4) is 22.3 Å². The van der Waals surface area contributed by atoms with Crippen molar-refractivity contribution in [3.05, 3.63) is 247 Å². The third kappa shape index (κ3) is 5.00. The molecule has 0 spiro atoms. The van der Waals surface area contributed by atoms with Crippen LogP contribution in [0.5, 0.6) is 0 Å². The largest absolute Gasteiger partial charge is 0.453 e. The molecule has 59 heavy (non-hydrogen) atoms. The van der Waals surface area contributed by atoms with Gasteiger partial charge in [0.1, 0.15) is 5.58 Å². The van der Waals surface area contributed by atoms with Gasteiger partial charge >= 0.3 is 0 Å². The van der Waals surface area contributed by atoms with E-state index in [0.717, 1.165) is 50.1 Å². The number of anilines is 3. The van der Waals surface area contributed by atoms with E-state index >= 15 is 0 Å². The van der Waals surface area contributed by atoms with E-state index in [1.807, 2.05) is 0 Å². The summed E-state index contributed by atoms with van der Waals surface area (Å²) < 4.78 is 7.05. The van der Waals surface area contributed by atoms with E-state index < -0.39 is 5.41 Å². The van der Waals surface area contributed by atoms with Crippen LogP contribution >= 0.6 is 0 Å². The lowest BCUT2D eigenvalue weighted by Crippen LogP contribution is -2.28. The molecule has 0 atom stereocenters. The Morgan fingerprint density at radius 1 is 0.339 bits per heavy atom. The van der Waals surface area contributed by atoms with Gasteiger partial charge in [-0.15, -0.1) is 0 Å². The number of para-hydroxylation sites is 2. The summed E-state index contributed by atoms with van der Waals surface area (Å²) in [6.45, 7) is 0. The molecule has 0 amide bonds. The molecule has 0 saturated carbocycles. The fourth-order valence-electron chi connectivity index (χ4n) is 9.97. The van der Waals surface area contributed by atoms with E-state index in [9.17, 15) is 0 Å². The number of hydrogen-bond acceptors (Lipinski definition) is 2. The monoisotopic (exact) mass is 751 g/mol. The van der Waals surface area contributed by atoms with Gasteiger partial charge in [0.25, 0.3) is 0 Å². The third-order valence-corrected chi connectivity index (χ3v) is 12.5. The maximum absolute atomic E-state index is 7.05. The first-order chi connectivity index (χ1) is 29.3. The summed E-state index contributed by atoms with van der Waals surface area (Å²) in [5.41, 5.74) is 14.2. The Balaban J connectivity index is 1.09. The third-order valence-electron chi connectivity index (χ3n) is 12.5. The van der Waals surface area contributed by atoms with Crippen LogP contribution in [0.25, 0.3) is 65.7 Å². The van der Waals surface area contributed by atoms with Gasteiger partial charge in [-0.05, 0) is 90.8 Å². The van der Waals surface area contributed by atoms with Crippen molar-refractivity contribution in [1.29, 1.82) is 0 Å². The molecule has 10 aromatic carbocycles. The van der Waals surface area contributed by atoms with Gasteiger partial charge in [0, 0.05) is 27.7 Å². The molecule has 0 N–H and O–H groups in total. The van der Waals surface area contributed by atoms with Crippen molar-refractivity contribution in [2.24, 2.45) is 0 Å². The smallest absolute Gasteiger partial charge is 0.159 e. The van der Waals surface area contributed by atoms with Crippen molar-refractivity contribution in [1.82, 2.24) is 0 Å². The molecule has 1 aliphatic carbocycles. The predicted octanol–water partition coefficient (Wildman–Crippen LogP) is 15.4. The minimum Gasteiger partial charge on any atom is -0.453 e. The highest BCUT2D eigenvalue weighted by Crippen LogP contribution is 2.56. The zero-order chi connectivity index (χ0) is 38.9. The molecule has 1 aromatic heterocycles. The van der Waals surface area contributed by atoms with E-state index in [0.29, 0.717) is 0 Å². The average molecular weight is 752 g/mol. The summed E-state index contributed by atoms with van der Waals surface area (Å²) in [4.78, 5) is 2.37. The van der Waals surface area contributed by atoms with Gasteiger partial charge in [-0.1, -0.05) is 194 Å². The average Bonchev–Trinajstić information content (AvgIpc) is 3.85. The van der Waals surface area contributed by atoms with Crippen LogP contribution in [0.15, 0.2) is 229 Å². The summed E-state index contributed by atoms with van der Waals surface area (Å²) in [6.07, 6.45) is 0. The van der Waals surface area contributed by atoms with Crippen molar-refractivity contribution in [3.63, 3.8) is 0 Å². The minimum absolute atomic E-state index is 0.478. The molecular weight excluding hydrogens is 715 g/mol. The van der Waals surface area contributed by atoms with E-state index in [2.05, 4.69) is 229 Å². The fourth-order valence-corrected chi connectivity index (χ4v) is 9.97. The molecule has 1 aliphatic rings. The lowest BCUT2D eigenvalue weighted by Gasteiger charge is -2.34. The number of hydrogen-bond donors (Lipinski definition) is 0. The topological polar surface area (TPSA) is 16.4 Å². The first kappa shape index (κ1) is 33.5. The van der Waals surface area contributed by atoms with Crippen LogP contribution in [0.3, 0.4) is 0 Å². The summed E-state index contributed by atoms with van der Waals surface area (Å²) in [7, 11) is 0. The zero-order valence-corrected chi connectivity index (χ0v) is 32.2. The first-order valence-electron chi connectivity index (χ1n) is 20.3. The quantitative estimate of drug-likeness (QED) is 0.157. The predicted molar refractivity (Wildman–Crippen MR) is 246 cm³/mol. The first-order valence-corrected chi connectivity index (χ1v) is 20.3. The standard InChI is InChI=1S/C57H37NO/c1-3-15-38(16-4-1)47-23-13-24-50-51-25-14-28-54(56(51)59-55(47)50)58(44-35-36-46-40(37-44)30-29-39-17-7-8-20-45(39)46)43-33-31-42(32-34-43)57(41-18-5-2-6-19-41)52-26-11-9-21-48(52)49-22-10-12-27-53(49)57/h1-37H. The Morgan fingerprint density at radius 2 is 0.881 bits per heavy atom. The van der Waals surface area contributed by atoms with Crippen LogP contribution in [0.1, 0.15) is 22.3 Å². The molecule has 11 aromatic rings. The van der Waals surface area contributed by atoms with Crippen LogP contribution in [0.2, 0.25) is 0 Å². The maximum Gasteiger partial charge on any atom is 0.159 e. The fraction of sp³-hybridized carbons (Fsp3) is 0.0175. The Hall–Kier alpha value is -7.68. The van der Waals surface area contributed by atoms with Gasteiger partial charge in [-0.2, -0.15) is 0 Å². The van der Waals surface area contributed by atoms with Crippen LogP contribution in [-0.2, 0) is 5.41 Å². The van der Waals surface area contributed by atoms with Crippen LogP contribution < -0.4 is 4.90 Å². The van der Waals surface area contributed by atoms with Gasteiger partial charge in [0.2, 0.25) is 0 Å². The Morgan fingerprint density at radius 3 is 1.64 bits per heavy atom. The Labute approximate surface area is 342 Å². The van der Waals surface area contributed by atoms with E-state index in [1.54, 1.807) is 0 Å². The molecule has 0 radical (unpaired) electrons. The second-order valence-electron chi connectivity index (χ2n) is 15.6. The second-order valence-corrected chi connectivity index (χ2v) is 15.6. The Kier molecular flexibility index (Phi) is 7.48. The van der Waals surface area contributed by atoms with Gasteiger partial charge in [-0.3, -0.25) is 0 Å². The van der Waals surface area contributed by atoms with Crippen LogP contribution in [0, 0.1) is 0 Å². The zero-order valence-electron chi connectivity index (χ0n) is 32.2. The molecule has 0 aliphatic heterocycles. The van der Waals surface area contributed by atoms with Crippen molar-refractivity contribution < 1.29 is 4.42 Å². The number of nitrogens with zero attached hydrogens (tertiary/aromatic N) is 1. The molecule has 276 valence electrons. The molecule has 0 unspecified atom stereocenters. The second kappa shape index (κ2) is 13.2. The maximum atomic E-state index is 7.05. The highest BCUT2D eigenvalue weighted by atomic mass is 16.3. The van der Waals surface area contributed by atoms with Gasteiger partial charge in [0.15, 0.2) is 5.58 Å². The van der Waals surface area contributed by atoms with Crippen molar-refractivity contribution >= 4 is 60.5 Å². The van der Waals surface area contributed by atoms with Crippen LogP contribution in [0.4, 0.5) is 17.1 Å². The summed E-state index contributed by atoms with van der Waals surface area (Å²) in [5, 5.41) is 7.11. The molecule has 1 heterocycles. The minimum atomic E-state index is -0.478. The number of rotatable bonds is 6. The summed E-state index contributed by atoms with van der Waals surface area (Å²) in [6, 6.07) is 81.6. The van der Waals surface area contributed by atoms with Crippen molar-refractivity contribution in [2.75, 3.05) is 4.90 Å². The van der Waals surface area contributed by atoms with E-state index in [4.69, 9.17) is 4.42 Å². The lowest BCUT2D eigenvalue weighted by molar-refractivity contribution is 0.670. The normalized spacial score (nSPS) is 12.9. The molecule has 0 saturated heterocycles.